The highest BCUT2D eigenvalue weighted by atomic mass is 16.2. The van der Waals surface area contributed by atoms with Crippen LogP contribution in [0.2, 0.25) is 0 Å². The molecule has 4 nitrogen and oxygen atoms in total. The normalized spacial score (nSPS) is 19.7. The molecule has 1 aliphatic rings. The minimum Gasteiger partial charge on any atom is -0.355 e. The fourth-order valence-corrected chi connectivity index (χ4v) is 2.34. The summed E-state index contributed by atoms with van der Waals surface area (Å²) in [7, 11) is 0. The first-order valence-corrected chi connectivity index (χ1v) is 7.40. The Morgan fingerprint density at radius 1 is 1.33 bits per heavy atom. The van der Waals surface area contributed by atoms with E-state index in [2.05, 4.69) is 29.4 Å². The largest absolute Gasteiger partial charge is 0.355 e. The molecule has 1 saturated heterocycles. The van der Waals surface area contributed by atoms with Crippen LogP contribution in [-0.4, -0.2) is 49.6 Å². The lowest BCUT2D eigenvalue weighted by molar-refractivity contribution is -0.122. The summed E-state index contributed by atoms with van der Waals surface area (Å²) in [4.78, 5) is 14.2. The van der Waals surface area contributed by atoms with Gasteiger partial charge in [-0.2, -0.15) is 0 Å². The number of piperidine rings is 1. The number of nitrogens with zero attached hydrogens (tertiary/aromatic N) is 1. The topological polar surface area (TPSA) is 44.4 Å². The van der Waals surface area contributed by atoms with Crippen LogP contribution in [0.15, 0.2) is 0 Å². The first kappa shape index (κ1) is 15.4. The molecule has 1 heterocycles. The summed E-state index contributed by atoms with van der Waals surface area (Å²) in [6, 6.07) is -0.0687. The molecule has 18 heavy (non-hydrogen) atoms. The van der Waals surface area contributed by atoms with E-state index in [1.807, 2.05) is 6.92 Å². The summed E-state index contributed by atoms with van der Waals surface area (Å²) in [5.41, 5.74) is 0. The van der Waals surface area contributed by atoms with Gasteiger partial charge in [0.2, 0.25) is 5.91 Å². The number of hydrogen-bond acceptors (Lipinski definition) is 3. The fourth-order valence-electron chi connectivity index (χ4n) is 2.34. The summed E-state index contributed by atoms with van der Waals surface area (Å²) in [5, 5.41) is 6.29. The lowest BCUT2D eigenvalue weighted by Crippen LogP contribution is -2.45. The zero-order valence-electron chi connectivity index (χ0n) is 12.2. The summed E-state index contributed by atoms with van der Waals surface area (Å²) in [6.45, 7) is 11.6. The number of carbonyl (C=O) groups excluding carboxylic acids is 1. The van der Waals surface area contributed by atoms with Crippen molar-refractivity contribution >= 4 is 5.91 Å². The molecule has 2 N–H and O–H groups in total. The number of likely N-dealkylation sites (tertiary alicyclic amines) is 1. The van der Waals surface area contributed by atoms with Crippen LogP contribution >= 0.6 is 0 Å². The fraction of sp³-hybridized carbons (Fsp3) is 0.929. The third-order valence-electron chi connectivity index (χ3n) is 3.81. The van der Waals surface area contributed by atoms with Crippen LogP contribution in [0.4, 0.5) is 0 Å². The molecule has 106 valence electrons. The SMILES string of the molecule is CCCNC(=O)C(C)NCC1CCN(CC)CC1. The summed E-state index contributed by atoms with van der Waals surface area (Å²) >= 11 is 0. The molecule has 1 amide bonds. The van der Waals surface area contributed by atoms with Gasteiger partial charge in [-0.3, -0.25) is 4.79 Å². The van der Waals surface area contributed by atoms with Crippen LogP contribution in [-0.2, 0) is 4.79 Å². The van der Waals surface area contributed by atoms with E-state index in [9.17, 15) is 4.79 Å². The van der Waals surface area contributed by atoms with E-state index in [0.29, 0.717) is 0 Å². The molecule has 0 spiro atoms. The van der Waals surface area contributed by atoms with Gasteiger partial charge >= 0.3 is 0 Å². The maximum atomic E-state index is 11.7. The number of rotatable bonds is 7. The first-order valence-electron chi connectivity index (χ1n) is 7.40. The third-order valence-corrected chi connectivity index (χ3v) is 3.81. The number of carbonyl (C=O) groups is 1. The minimum atomic E-state index is -0.0687. The van der Waals surface area contributed by atoms with Crippen molar-refractivity contribution in [2.75, 3.05) is 32.7 Å². The molecule has 0 bridgehead atoms. The third kappa shape index (κ3) is 5.36. The molecular formula is C14H29N3O. The van der Waals surface area contributed by atoms with Gasteiger partial charge in [-0.05, 0) is 58.3 Å². The van der Waals surface area contributed by atoms with Gasteiger partial charge in [0, 0.05) is 6.54 Å². The average Bonchev–Trinajstić information content (AvgIpc) is 2.42. The molecule has 0 aromatic carbocycles. The summed E-state index contributed by atoms with van der Waals surface area (Å²) in [6.07, 6.45) is 3.50. The van der Waals surface area contributed by atoms with E-state index in [-0.39, 0.29) is 11.9 Å². The molecule has 4 heteroatoms. The summed E-state index contributed by atoms with van der Waals surface area (Å²) in [5.74, 6) is 0.858. The maximum Gasteiger partial charge on any atom is 0.236 e. The van der Waals surface area contributed by atoms with Crippen LogP contribution in [0, 0.1) is 5.92 Å². The molecular weight excluding hydrogens is 226 g/mol. The maximum absolute atomic E-state index is 11.7. The van der Waals surface area contributed by atoms with Gasteiger partial charge in [0.25, 0.3) is 0 Å². The molecule has 0 aliphatic carbocycles. The minimum absolute atomic E-state index is 0.0687. The summed E-state index contributed by atoms with van der Waals surface area (Å²) < 4.78 is 0. The van der Waals surface area contributed by atoms with Crippen molar-refractivity contribution < 1.29 is 4.79 Å². The van der Waals surface area contributed by atoms with Crippen molar-refractivity contribution in [1.29, 1.82) is 0 Å². The van der Waals surface area contributed by atoms with Crippen LogP contribution in [0.5, 0.6) is 0 Å². The molecule has 0 radical (unpaired) electrons. The molecule has 0 saturated carbocycles. The van der Waals surface area contributed by atoms with E-state index in [1.165, 1.54) is 25.9 Å². The second-order valence-electron chi connectivity index (χ2n) is 5.30. The van der Waals surface area contributed by atoms with E-state index in [4.69, 9.17) is 0 Å². The van der Waals surface area contributed by atoms with Crippen LogP contribution < -0.4 is 10.6 Å². The quantitative estimate of drug-likeness (QED) is 0.719. The monoisotopic (exact) mass is 255 g/mol. The van der Waals surface area contributed by atoms with Gasteiger partial charge in [-0.15, -0.1) is 0 Å². The zero-order chi connectivity index (χ0) is 13.4. The molecule has 1 atom stereocenters. The van der Waals surface area contributed by atoms with Crippen LogP contribution in [0.1, 0.15) is 40.0 Å². The predicted octanol–water partition coefficient (Wildman–Crippen LogP) is 1.22. The molecule has 1 unspecified atom stereocenters. The van der Waals surface area contributed by atoms with E-state index in [1.54, 1.807) is 0 Å². The van der Waals surface area contributed by atoms with Crippen molar-refractivity contribution in [2.45, 2.75) is 46.1 Å². The number of amides is 1. The van der Waals surface area contributed by atoms with E-state index < -0.39 is 0 Å². The second-order valence-corrected chi connectivity index (χ2v) is 5.30. The van der Waals surface area contributed by atoms with Crippen molar-refractivity contribution in [3.05, 3.63) is 0 Å². The highest BCUT2D eigenvalue weighted by molar-refractivity contribution is 5.81. The Balaban J connectivity index is 2.15. The Bertz CT molecular complexity index is 237. The Morgan fingerprint density at radius 3 is 2.56 bits per heavy atom. The van der Waals surface area contributed by atoms with Gasteiger partial charge in [0.15, 0.2) is 0 Å². The number of hydrogen-bond donors (Lipinski definition) is 2. The number of nitrogens with one attached hydrogen (secondary N) is 2. The van der Waals surface area contributed by atoms with Crippen molar-refractivity contribution in [3.63, 3.8) is 0 Å². The van der Waals surface area contributed by atoms with Gasteiger partial charge in [0.1, 0.15) is 0 Å². The lowest BCUT2D eigenvalue weighted by Gasteiger charge is -2.31. The van der Waals surface area contributed by atoms with Gasteiger partial charge < -0.3 is 15.5 Å². The lowest BCUT2D eigenvalue weighted by atomic mass is 9.96. The van der Waals surface area contributed by atoms with E-state index in [0.717, 1.165) is 32.0 Å². The Morgan fingerprint density at radius 2 is 2.00 bits per heavy atom. The first-order chi connectivity index (χ1) is 8.67. The van der Waals surface area contributed by atoms with Gasteiger partial charge in [-0.1, -0.05) is 13.8 Å². The van der Waals surface area contributed by atoms with Gasteiger partial charge in [0.05, 0.1) is 6.04 Å². The molecule has 1 fully saturated rings. The smallest absolute Gasteiger partial charge is 0.236 e. The Labute approximate surface area is 111 Å². The second kappa shape index (κ2) is 8.48. The Hall–Kier alpha value is -0.610. The Kier molecular flexibility index (Phi) is 7.28. The standard InChI is InChI=1S/C14H29N3O/c1-4-8-15-14(18)12(3)16-11-13-6-9-17(5-2)10-7-13/h12-13,16H,4-11H2,1-3H3,(H,15,18). The van der Waals surface area contributed by atoms with Crippen molar-refractivity contribution in [2.24, 2.45) is 5.92 Å². The highest BCUT2D eigenvalue weighted by Gasteiger charge is 2.19. The van der Waals surface area contributed by atoms with Gasteiger partial charge in [-0.25, -0.2) is 0 Å². The average molecular weight is 255 g/mol. The molecule has 1 rings (SSSR count). The van der Waals surface area contributed by atoms with E-state index >= 15 is 0 Å². The van der Waals surface area contributed by atoms with Crippen LogP contribution in [0.3, 0.4) is 0 Å². The predicted molar refractivity (Wildman–Crippen MR) is 75.6 cm³/mol. The van der Waals surface area contributed by atoms with Crippen molar-refractivity contribution in [1.82, 2.24) is 15.5 Å². The molecule has 0 aromatic heterocycles. The highest BCUT2D eigenvalue weighted by Crippen LogP contribution is 2.15. The van der Waals surface area contributed by atoms with Crippen molar-refractivity contribution in [3.8, 4) is 0 Å². The molecule has 1 aliphatic heterocycles. The van der Waals surface area contributed by atoms with Crippen LogP contribution in [0.25, 0.3) is 0 Å². The zero-order valence-corrected chi connectivity index (χ0v) is 12.2. The molecule has 0 aromatic rings.